The number of benzene rings is 3. The summed E-state index contributed by atoms with van der Waals surface area (Å²) in [5, 5.41) is 2.20. The Morgan fingerprint density at radius 2 is 1.44 bits per heavy atom. The molecule has 0 bridgehead atoms. The summed E-state index contributed by atoms with van der Waals surface area (Å²) < 4.78 is 18.4. The van der Waals surface area contributed by atoms with Crippen LogP contribution in [-0.2, 0) is 25.1 Å². The number of imide groups is 1. The minimum absolute atomic E-state index is 0.178. The molecule has 218 valence electrons. The summed E-state index contributed by atoms with van der Waals surface area (Å²) in [5.74, 6) is -0.934. The van der Waals surface area contributed by atoms with Crippen molar-refractivity contribution < 1.29 is 23.5 Å². The molecule has 1 aliphatic heterocycles. The molecule has 3 aromatic carbocycles. The molecule has 41 heavy (non-hydrogen) atoms. The predicted octanol–water partition coefficient (Wildman–Crippen LogP) is 5.44. The molecule has 1 aliphatic rings. The van der Waals surface area contributed by atoms with E-state index in [2.05, 4.69) is 69.3 Å². The molecule has 0 aliphatic carbocycles. The second kappa shape index (κ2) is 13.1. The number of cyclic esters (lactones) is 1. The summed E-state index contributed by atoms with van der Waals surface area (Å²) in [6.07, 6.45) is -0.376. The number of methoxy groups -OCH3 is 1. The Morgan fingerprint density at radius 1 is 0.927 bits per heavy atom. The van der Waals surface area contributed by atoms with Crippen LogP contribution in [0.4, 0.5) is 4.79 Å². The quantitative estimate of drug-likeness (QED) is 0.286. The highest BCUT2D eigenvalue weighted by atomic mass is 28.4. The molecule has 3 aromatic rings. The summed E-state index contributed by atoms with van der Waals surface area (Å²) in [7, 11) is -1.11. The number of rotatable bonds is 11. The number of hydrogen-bond donors (Lipinski definition) is 0. The maximum atomic E-state index is 13.8. The van der Waals surface area contributed by atoms with Crippen LogP contribution in [0.25, 0.3) is 0 Å². The molecule has 4 atom stereocenters. The first-order valence-electron chi connectivity index (χ1n) is 14.4. The van der Waals surface area contributed by atoms with Gasteiger partial charge in [-0.15, -0.1) is 0 Å². The van der Waals surface area contributed by atoms with Crippen molar-refractivity contribution in [1.82, 2.24) is 4.90 Å². The first-order chi connectivity index (χ1) is 19.6. The molecule has 1 saturated heterocycles. The van der Waals surface area contributed by atoms with Crippen LogP contribution >= 0.6 is 0 Å². The van der Waals surface area contributed by atoms with Crippen molar-refractivity contribution in [3.8, 4) is 0 Å². The lowest BCUT2D eigenvalue weighted by Gasteiger charge is -2.44. The molecule has 6 nitrogen and oxygen atoms in total. The van der Waals surface area contributed by atoms with Crippen molar-refractivity contribution >= 4 is 30.7 Å². The van der Waals surface area contributed by atoms with Gasteiger partial charge in [0.05, 0.1) is 18.8 Å². The highest BCUT2D eigenvalue weighted by Gasteiger charge is 2.51. The van der Waals surface area contributed by atoms with Gasteiger partial charge in [0.25, 0.3) is 8.32 Å². The summed E-state index contributed by atoms with van der Waals surface area (Å²) in [6, 6.07) is 30.5. The molecule has 4 rings (SSSR count). The van der Waals surface area contributed by atoms with E-state index in [0.29, 0.717) is 13.0 Å². The minimum Gasteiger partial charge on any atom is -0.447 e. The third-order valence-electron chi connectivity index (χ3n) is 8.46. The highest BCUT2D eigenvalue weighted by Crippen LogP contribution is 2.37. The average molecular weight is 574 g/mol. The second-order valence-electron chi connectivity index (χ2n) is 12.0. The zero-order valence-corrected chi connectivity index (χ0v) is 26.1. The van der Waals surface area contributed by atoms with Gasteiger partial charge in [0.15, 0.2) is 0 Å². The van der Waals surface area contributed by atoms with E-state index < -0.39 is 20.3 Å². The Kier molecular flexibility index (Phi) is 9.84. The highest BCUT2D eigenvalue weighted by molar-refractivity contribution is 6.99. The predicted molar refractivity (Wildman–Crippen MR) is 165 cm³/mol. The molecule has 0 N–H and O–H groups in total. The number of hydrogen-bond acceptors (Lipinski definition) is 5. The van der Waals surface area contributed by atoms with Crippen LogP contribution in [-0.4, -0.2) is 57.7 Å². The SMILES string of the molecule is CO[C@@H](CO[Si](c1ccccc1)(c1ccccc1)C(C)(C)C)[C@@H](C)[C@H](C)C(=O)N1C(=O)OC[C@@H]1Cc1ccccc1. The van der Waals surface area contributed by atoms with Crippen LogP contribution in [0, 0.1) is 11.8 Å². The zero-order chi connectivity index (χ0) is 29.6. The lowest BCUT2D eigenvalue weighted by Crippen LogP contribution is -2.67. The van der Waals surface area contributed by atoms with Crippen LogP contribution in [0.15, 0.2) is 91.0 Å². The van der Waals surface area contributed by atoms with Gasteiger partial charge < -0.3 is 13.9 Å². The van der Waals surface area contributed by atoms with Gasteiger partial charge in [-0.2, -0.15) is 0 Å². The number of amides is 2. The van der Waals surface area contributed by atoms with Gasteiger partial charge in [-0.1, -0.05) is 126 Å². The van der Waals surface area contributed by atoms with Gasteiger partial charge in [-0.25, -0.2) is 9.69 Å². The van der Waals surface area contributed by atoms with Gasteiger partial charge in [-0.3, -0.25) is 4.79 Å². The number of carbonyl (C=O) groups is 2. The number of carbonyl (C=O) groups excluding carboxylic acids is 2. The summed E-state index contributed by atoms with van der Waals surface area (Å²) in [6.45, 7) is 11.1. The Labute approximate surface area is 245 Å². The van der Waals surface area contributed by atoms with E-state index in [1.165, 1.54) is 15.3 Å². The van der Waals surface area contributed by atoms with E-state index in [9.17, 15) is 9.59 Å². The molecule has 0 unspecified atom stereocenters. The molecular weight excluding hydrogens is 530 g/mol. The maximum absolute atomic E-state index is 13.8. The fraction of sp³-hybridized carbons (Fsp3) is 0.412. The molecule has 7 heteroatoms. The largest absolute Gasteiger partial charge is 0.447 e. The first-order valence-corrected chi connectivity index (χ1v) is 16.3. The third-order valence-corrected chi connectivity index (χ3v) is 13.5. The molecule has 0 aromatic heterocycles. The summed E-state index contributed by atoms with van der Waals surface area (Å²) >= 11 is 0. The Bertz CT molecular complexity index is 1240. The van der Waals surface area contributed by atoms with Crippen molar-refractivity contribution in [1.29, 1.82) is 0 Å². The molecular formula is C34H43NO5Si. The third kappa shape index (κ3) is 6.48. The van der Waals surface area contributed by atoms with Crippen molar-refractivity contribution in [3.05, 3.63) is 96.6 Å². The number of nitrogens with zero attached hydrogens (tertiary/aromatic N) is 1. The summed E-state index contributed by atoms with van der Waals surface area (Å²) in [5.41, 5.74) is 1.06. The fourth-order valence-corrected chi connectivity index (χ4v) is 10.5. The van der Waals surface area contributed by atoms with Crippen LogP contribution in [0.3, 0.4) is 0 Å². The van der Waals surface area contributed by atoms with Gasteiger partial charge in [0.2, 0.25) is 5.91 Å². The van der Waals surface area contributed by atoms with E-state index in [-0.39, 0.29) is 35.6 Å². The van der Waals surface area contributed by atoms with E-state index in [0.717, 1.165) is 5.56 Å². The van der Waals surface area contributed by atoms with Crippen molar-refractivity contribution in [3.63, 3.8) is 0 Å². The van der Waals surface area contributed by atoms with Gasteiger partial charge in [0, 0.05) is 13.0 Å². The standard InChI is InChI=1S/C34H43NO5Si/c1-25(26(2)32(36)35-28(23-39-33(35)37)22-27-16-10-7-11-17-27)31(38-6)24-40-41(34(3,4)5,29-18-12-8-13-19-29)30-20-14-9-15-21-30/h7-21,25-26,28,31H,22-24H2,1-6H3/t25-,26-,28-,31-/m0/s1. The molecule has 1 heterocycles. The fourth-order valence-electron chi connectivity index (χ4n) is 5.94. The Morgan fingerprint density at radius 3 is 1.93 bits per heavy atom. The Hall–Kier alpha value is -3.26. The van der Waals surface area contributed by atoms with E-state index in [4.69, 9.17) is 13.9 Å². The topological polar surface area (TPSA) is 65.1 Å². The van der Waals surface area contributed by atoms with E-state index >= 15 is 0 Å². The lowest BCUT2D eigenvalue weighted by atomic mass is 9.89. The van der Waals surface area contributed by atoms with Crippen LogP contribution in [0.5, 0.6) is 0 Å². The van der Waals surface area contributed by atoms with Crippen LogP contribution in [0.1, 0.15) is 40.2 Å². The second-order valence-corrected chi connectivity index (χ2v) is 16.3. The first kappa shape index (κ1) is 30.7. The average Bonchev–Trinajstić information content (AvgIpc) is 3.34. The van der Waals surface area contributed by atoms with Crippen molar-refractivity contribution in [2.75, 3.05) is 20.3 Å². The monoisotopic (exact) mass is 573 g/mol. The molecule has 2 amide bonds. The molecule has 1 fully saturated rings. The minimum atomic E-state index is -2.78. The molecule has 0 spiro atoms. The summed E-state index contributed by atoms with van der Waals surface area (Å²) in [4.78, 5) is 27.8. The molecule has 0 saturated carbocycles. The van der Waals surface area contributed by atoms with Crippen molar-refractivity contribution in [2.24, 2.45) is 11.8 Å². The van der Waals surface area contributed by atoms with E-state index in [1.807, 2.05) is 56.3 Å². The van der Waals surface area contributed by atoms with Crippen LogP contribution in [0.2, 0.25) is 5.04 Å². The van der Waals surface area contributed by atoms with Gasteiger partial charge in [-0.05, 0) is 33.3 Å². The maximum Gasteiger partial charge on any atom is 0.416 e. The van der Waals surface area contributed by atoms with Gasteiger partial charge >= 0.3 is 6.09 Å². The van der Waals surface area contributed by atoms with Crippen molar-refractivity contribution in [2.45, 2.75) is 58.2 Å². The smallest absolute Gasteiger partial charge is 0.416 e. The Balaban J connectivity index is 1.56. The molecule has 0 radical (unpaired) electrons. The lowest BCUT2D eigenvalue weighted by molar-refractivity contribution is -0.136. The number of ether oxygens (including phenoxy) is 2. The van der Waals surface area contributed by atoms with Gasteiger partial charge in [0.1, 0.15) is 6.61 Å². The zero-order valence-electron chi connectivity index (χ0n) is 25.1. The van der Waals surface area contributed by atoms with Crippen LogP contribution < -0.4 is 10.4 Å². The van der Waals surface area contributed by atoms with E-state index in [1.54, 1.807) is 7.11 Å². The normalized spacial score (nSPS) is 18.0.